The number of carbonyl (C=O) groups is 1. The average molecular weight is 272 g/mol. The monoisotopic (exact) mass is 272 g/mol. The maximum atomic E-state index is 12.1. The molecule has 0 spiro atoms. The summed E-state index contributed by atoms with van der Waals surface area (Å²) in [5.41, 5.74) is 5.11. The van der Waals surface area contributed by atoms with Crippen LogP contribution in [0.1, 0.15) is 39.5 Å². The van der Waals surface area contributed by atoms with E-state index in [0.717, 1.165) is 32.3 Å². The highest BCUT2D eigenvalue weighted by atomic mass is 32.1. The Morgan fingerprint density at radius 1 is 1.50 bits per heavy atom. The Bertz CT molecular complexity index is 301. The van der Waals surface area contributed by atoms with Crippen molar-refractivity contribution in [1.29, 1.82) is 0 Å². The molecule has 1 saturated carbocycles. The van der Waals surface area contributed by atoms with E-state index in [-0.39, 0.29) is 5.91 Å². The summed E-state index contributed by atoms with van der Waals surface area (Å²) < 4.78 is 5.39. The van der Waals surface area contributed by atoms with Crippen LogP contribution in [0.2, 0.25) is 0 Å². The Balaban J connectivity index is 2.25. The first-order chi connectivity index (χ1) is 8.53. The van der Waals surface area contributed by atoms with Crippen LogP contribution in [0.5, 0.6) is 0 Å². The second-order valence-corrected chi connectivity index (χ2v) is 5.62. The number of hydrogen-bond donors (Lipinski definition) is 2. The Kier molecular flexibility index (Phi) is 6.02. The number of ether oxygens (including phenoxy) is 1. The van der Waals surface area contributed by atoms with E-state index in [1.54, 1.807) is 0 Å². The lowest BCUT2D eigenvalue weighted by Gasteiger charge is -2.44. The van der Waals surface area contributed by atoms with Crippen molar-refractivity contribution in [3.63, 3.8) is 0 Å². The molecule has 4 nitrogen and oxygen atoms in total. The van der Waals surface area contributed by atoms with Gasteiger partial charge in [-0.25, -0.2) is 0 Å². The molecule has 1 amide bonds. The van der Waals surface area contributed by atoms with Crippen LogP contribution in [-0.4, -0.2) is 30.7 Å². The first-order valence-electron chi connectivity index (χ1n) is 6.69. The highest BCUT2D eigenvalue weighted by Crippen LogP contribution is 2.45. The molecule has 0 saturated heterocycles. The molecule has 0 radical (unpaired) electrons. The van der Waals surface area contributed by atoms with Crippen molar-refractivity contribution < 1.29 is 9.53 Å². The third-order valence-electron chi connectivity index (χ3n) is 3.47. The molecule has 0 atom stereocenters. The Hall–Kier alpha value is -0.680. The number of unbranched alkanes of at least 4 members (excludes halogenated alkanes) is 1. The summed E-state index contributed by atoms with van der Waals surface area (Å²) in [5, 5.41) is 2.87. The van der Waals surface area contributed by atoms with Gasteiger partial charge >= 0.3 is 0 Å². The minimum Gasteiger partial charge on any atom is -0.392 e. The molecule has 104 valence electrons. The molecule has 1 fully saturated rings. The quantitative estimate of drug-likeness (QED) is 0.520. The van der Waals surface area contributed by atoms with Crippen molar-refractivity contribution in [2.24, 2.45) is 17.1 Å². The van der Waals surface area contributed by atoms with Crippen molar-refractivity contribution in [2.45, 2.75) is 39.5 Å². The second kappa shape index (κ2) is 7.04. The summed E-state index contributed by atoms with van der Waals surface area (Å²) in [6, 6.07) is 0. The molecule has 1 aliphatic carbocycles. The fourth-order valence-electron chi connectivity index (χ4n) is 2.38. The number of thiocarbonyl (C=S) groups is 1. The highest BCUT2D eigenvalue weighted by Gasteiger charge is 2.50. The average Bonchev–Trinajstić information content (AvgIpc) is 2.28. The molecule has 0 aromatic rings. The van der Waals surface area contributed by atoms with Crippen LogP contribution in [0.15, 0.2) is 0 Å². The van der Waals surface area contributed by atoms with E-state index in [9.17, 15) is 4.79 Å². The maximum Gasteiger partial charge on any atom is 0.233 e. The lowest BCUT2D eigenvalue weighted by Crippen LogP contribution is -2.56. The number of carbonyl (C=O) groups excluding carboxylic acids is 1. The van der Waals surface area contributed by atoms with Gasteiger partial charge in [-0.2, -0.15) is 0 Å². The third kappa shape index (κ3) is 3.65. The SMILES string of the molecule is CCCCOCCNC(=O)C1(C(N)=S)CC(C)C1. The molecular weight excluding hydrogens is 248 g/mol. The van der Waals surface area contributed by atoms with E-state index in [0.29, 0.717) is 24.1 Å². The van der Waals surface area contributed by atoms with E-state index >= 15 is 0 Å². The largest absolute Gasteiger partial charge is 0.392 e. The molecule has 1 rings (SSSR count). The number of hydrogen-bond acceptors (Lipinski definition) is 3. The third-order valence-corrected chi connectivity index (χ3v) is 3.87. The number of nitrogens with two attached hydrogens (primary N) is 1. The van der Waals surface area contributed by atoms with Gasteiger partial charge in [-0.3, -0.25) is 4.79 Å². The van der Waals surface area contributed by atoms with Crippen molar-refractivity contribution in [2.75, 3.05) is 19.8 Å². The molecular formula is C13H24N2O2S. The number of amides is 1. The lowest BCUT2D eigenvalue weighted by molar-refractivity contribution is -0.133. The predicted octanol–water partition coefficient (Wildman–Crippen LogP) is 1.62. The Morgan fingerprint density at radius 3 is 2.67 bits per heavy atom. The van der Waals surface area contributed by atoms with E-state index in [1.807, 2.05) is 0 Å². The van der Waals surface area contributed by atoms with E-state index in [4.69, 9.17) is 22.7 Å². The summed E-state index contributed by atoms with van der Waals surface area (Å²) in [4.78, 5) is 12.4. The Labute approximate surface area is 115 Å². The topological polar surface area (TPSA) is 64.3 Å². The molecule has 1 aliphatic rings. The van der Waals surface area contributed by atoms with E-state index in [2.05, 4.69) is 19.2 Å². The molecule has 0 aliphatic heterocycles. The van der Waals surface area contributed by atoms with Gasteiger partial charge in [-0.05, 0) is 25.2 Å². The number of nitrogens with one attached hydrogen (secondary N) is 1. The zero-order valence-corrected chi connectivity index (χ0v) is 12.1. The van der Waals surface area contributed by atoms with Crippen LogP contribution in [0, 0.1) is 11.3 Å². The Morgan fingerprint density at radius 2 is 2.17 bits per heavy atom. The summed E-state index contributed by atoms with van der Waals surface area (Å²) in [6.07, 6.45) is 3.72. The van der Waals surface area contributed by atoms with Crippen LogP contribution in [-0.2, 0) is 9.53 Å². The molecule has 0 unspecified atom stereocenters. The van der Waals surface area contributed by atoms with Crippen molar-refractivity contribution in [3.8, 4) is 0 Å². The zero-order valence-electron chi connectivity index (χ0n) is 11.3. The first-order valence-corrected chi connectivity index (χ1v) is 7.09. The van der Waals surface area contributed by atoms with Gasteiger partial charge in [0.15, 0.2) is 0 Å². The van der Waals surface area contributed by atoms with Gasteiger partial charge in [0.05, 0.1) is 17.0 Å². The number of rotatable bonds is 8. The van der Waals surface area contributed by atoms with Gasteiger partial charge in [0.25, 0.3) is 0 Å². The summed E-state index contributed by atoms with van der Waals surface area (Å²) in [5.74, 6) is 0.491. The zero-order chi connectivity index (χ0) is 13.6. The minimum absolute atomic E-state index is 0.0350. The fourth-order valence-corrected chi connectivity index (χ4v) is 2.64. The van der Waals surface area contributed by atoms with Gasteiger partial charge in [0, 0.05) is 13.2 Å². The van der Waals surface area contributed by atoms with Crippen molar-refractivity contribution in [1.82, 2.24) is 5.32 Å². The van der Waals surface area contributed by atoms with Crippen LogP contribution in [0.4, 0.5) is 0 Å². The molecule has 0 heterocycles. The van der Waals surface area contributed by atoms with Crippen LogP contribution in [0.25, 0.3) is 0 Å². The molecule has 0 aromatic heterocycles. The van der Waals surface area contributed by atoms with Gasteiger partial charge in [-0.15, -0.1) is 0 Å². The highest BCUT2D eigenvalue weighted by molar-refractivity contribution is 7.80. The molecule has 0 bridgehead atoms. The van der Waals surface area contributed by atoms with E-state index in [1.165, 1.54) is 0 Å². The maximum absolute atomic E-state index is 12.1. The standard InChI is InChI=1S/C13H24N2O2S/c1-3-4-6-17-7-5-15-12(16)13(11(14)18)8-10(2)9-13/h10H,3-9H2,1-2H3,(H2,14,18)(H,15,16). The molecule has 3 N–H and O–H groups in total. The van der Waals surface area contributed by atoms with Crippen LogP contribution in [0.3, 0.4) is 0 Å². The summed E-state index contributed by atoms with van der Waals surface area (Å²) >= 11 is 5.03. The van der Waals surface area contributed by atoms with Crippen molar-refractivity contribution in [3.05, 3.63) is 0 Å². The van der Waals surface area contributed by atoms with E-state index < -0.39 is 5.41 Å². The fraction of sp³-hybridized carbons (Fsp3) is 0.846. The van der Waals surface area contributed by atoms with Gasteiger partial charge in [0.2, 0.25) is 5.91 Å². The van der Waals surface area contributed by atoms with Gasteiger partial charge < -0.3 is 15.8 Å². The second-order valence-electron chi connectivity index (χ2n) is 5.18. The summed E-state index contributed by atoms with van der Waals surface area (Å²) in [7, 11) is 0. The van der Waals surface area contributed by atoms with Crippen LogP contribution >= 0.6 is 12.2 Å². The normalized spacial score (nSPS) is 26.4. The smallest absolute Gasteiger partial charge is 0.233 e. The van der Waals surface area contributed by atoms with Crippen molar-refractivity contribution >= 4 is 23.1 Å². The molecule has 18 heavy (non-hydrogen) atoms. The first kappa shape index (κ1) is 15.4. The van der Waals surface area contributed by atoms with Gasteiger partial charge in [0.1, 0.15) is 0 Å². The molecule has 0 aromatic carbocycles. The predicted molar refractivity (Wildman–Crippen MR) is 76.4 cm³/mol. The minimum atomic E-state index is -0.599. The van der Waals surface area contributed by atoms with Crippen LogP contribution < -0.4 is 11.1 Å². The van der Waals surface area contributed by atoms with Gasteiger partial charge in [-0.1, -0.05) is 32.5 Å². The molecule has 5 heteroatoms. The lowest BCUT2D eigenvalue weighted by atomic mass is 9.62. The summed E-state index contributed by atoms with van der Waals surface area (Å²) in [6.45, 7) is 6.06.